The number of rotatable bonds is 9. The predicted molar refractivity (Wildman–Crippen MR) is 107 cm³/mol. The molecule has 14 heteroatoms. The third-order valence-electron chi connectivity index (χ3n) is 5.80. The van der Waals surface area contributed by atoms with Gasteiger partial charge in [-0.25, -0.2) is 4.79 Å². The van der Waals surface area contributed by atoms with Gasteiger partial charge >= 0.3 is 5.69 Å². The molecule has 188 valence electrons. The van der Waals surface area contributed by atoms with E-state index in [2.05, 4.69) is 0 Å². The van der Waals surface area contributed by atoms with Gasteiger partial charge < -0.3 is 50.0 Å². The van der Waals surface area contributed by atoms with Crippen molar-refractivity contribution in [3.05, 3.63) is 33.1 Å². The van der Waals surface area contributed by atoms with Crippen molar-refractivity contribution in [1.82, 2.24) is 9.55 Å². The molecule has 33 heavy (non-hydrogen) atoms. The molecule has 3 heterocycles. The Morgan fingerprint density at radius 1 is 1.00 bits per heavy atom. The second kappa shape index (κ2) is 11.1. The van der Waals surface area contributed by atoms with Crippen LogP contribution >= 0.6 is 0 Å². The van der Waals surface area contributed by atoms with Gasteiger partial charge in [0, 0.05) is 18.9 Å². The Bertz CT molecular complexity index is 875. The fourth-order valence-electron chi connectivity index (χ4n) is 3.89. The third-order valence-corrected chi connectivity index (χ3v) is 5.80. The van der Waals surface area contributed by atoms with Crippen LogP contribution in [0.3, 0.4) is 0 Å². The van der Waals surface area contributed by atoms with Crippen molar-refractivity contribution in [3.63, 3.8) is 0 Å². The molecule has 1 aromatic rings. The minimum absolute atomic E-state index is 0.0571. The molecule has 2 aliphatic heterocycles. The lowest BCUT2D eigenvalue weighted by atomic mass is 9.99. The summed E-state index contributed by atoms with van der Waals surface area (Å²) in [6.45, 7) is -0.514. The average Bonchev–Trinajstić information content (AvgIpc) is 3.07. The van der Waals surface area contributed by atoms with Gasteiger partial charge in [0.15, 0.2) is 12.5 Å². The van der Waals surface area contributed by atoms with Crippen molar-refractivity contribution in [2.75, 3.05) is 13.2 Å². The first-order chi connectivity index (χ1) is 15.6. The summed E-state index contributed by atoms with van der Waals surface area (Å²) in [6, 6.07) is 1.06. The van der Waals surface area contributed by atoms with Gasteiger partial charge in [-0.1, -0.05) is 0 Å². The average molecular weight is 478 g/mol. The first kappa shape index (κ1) is 25.9. The summed E-state index contributed by atoms with van der Waals surface area (Å²) in [5, 5.41) is 69.5. The Kier molecular flexibility index (Phi) is 8.74. The Hall–Kier alpha value is -1.72. The fraction of sp³-hybridized carbons (Fsp3) is 0.789. The number of nitrogens with one attached hydrogen (secondary N) is 1. The van der Waals surface area contributed by atoms with E-state index in [9.17, 15) is 45.3 Å². The van der Waals surface area contributed by atoms with Gasteiger partial charge in [-0.2, -0.15) is 0 Å². The van der Waals surface area contributed by atoms with Crippen LogP contribution in [0, 0.1) is 0 Å². The number of hydrogen-bond acceptors (Lipinski definition) is 12. The first-order valence-electron chi connectivity index (χ1n) is 10.6. The molecular formula is C19H30N2O12. The second-order valence-electron chi connectivity index (χ2n) is 8.12. The molecule has 3 rings (SSSR count). The predicted octanol–water partition coefficient (Wildman–Crippen LogP) is -4.50. The highest BCUT2D eigenvalue weighted by Gasteiger charge is 2.47. The molecule has 0 spiro atoms. The van der Waals surface area contributed by atoms with Gasteiger partial charge in [-0.3, -0.25) is 14.3 Å². The maximum Gasteiger partial charge on any atom is 0.330 e. The lowest BCUT2D eigenvalue weighted by molar-refractivity contribution is -0.301. The van der Waals surface area contributed by atoms with Crippen LogP contribution in [0.25, 0.3) is 0 Å². The highest BCUT2D eigenvalue weighted by atomic mass is 16.7. The highest BCUT2D eigenvalue weighted by Crippen LogP contribution is 2.31. The smallest absolute Gasteiger partial charge is 0.330 e. The zero-order chi connectivity index (χ0) is 24.3. The maximum atomic E-state index is 11.9. The molecule has 8 N–H and O–H groups in total. The van der Waals surface area contributed by atoms with Crippen LogP contribution < -0.4 is 11.2 Å². The van der Waals surface area contributed by atoms with Crippen LogP contribution in [0.4, 0.5) is 0 Å². The summed E-state index contributed by atoms with van der Waals surface area (Å²) in [5.41, 5.74) is -1.47. The van der Waals surface area contributed by atoms with Crippen molar-refractivity contribution in [2.45, 2.75) is 80.6 Å². The number of aliphatic hydroxyl groups excluding tert-OH is 7. The Morgan fingerprint density at radius 2 is 1.73 bits per heavy atom. The van der Waals surface area contributed by atoms with E-state index in [4.69, 9.17) is 14.2 Å². The lowest BCUT2D eigenvalue weighted by Gasteiger charge is -2.39. The van der Waals surface area contributed by atoms with Crippen molar-refractivity contribution in [2.24, 2.45) is 0 Å². The summed E-state index contributed by atoms with van der Waals surface area (Å²) in [6.07, 6.45) is -11.5. The minimum atomic E-state index is -1.54. The van der Waals surface area contributed by atoms with Crippen molar-refractivity contribution in [1.29, 1.82) is 0 Å². The van der Waals surface area contributed by atoms with Crippen molar-refractivity contribution < 1.29 is 50.0 Å². The molecule has 10 atom stereocenters. The molecule has 2 saturated heterocycles. The van der Waals surface area contributed by atoms with Crippen molar-refractivity contribution in [3.8, 4) is 0 Å². The summed E-state index contributed by atoms with van der Waals surface area (Å²) in [7, 11) is 0. The van der Waals surface area contributed by atoms with Crippen molar-refractivity contribution >= 4 is 0 Å². The van der Waals surface area contributed by atoms with E-state index < -0.39 is 79.2 Å². The van der Waals surface area contributed by atoms with Gasteiger partial charge in [0.25, 0.3) is 5.56 Å². The lowest BCUT2D eigenvalue weighted by Crippen LogP contribution is -2.59. The number of H-pyrrole nitrogens is 1. The summed E-state index contributed by atoms with van der Waals surface area (Å²) in [4.78, 5) is 25.1. The standard InChI is InChI=1S/C19H30N2O12/c22-7-9-11(25)12(26)15(29)18(32-9)31-6-2-1-3-8(23)16-13(27)14(28)17(33-16)21-5-4-10(24)20-19(21)30/h4-5,8-9,11-18,22-23,25-29H,1-3,6-7H2,(H,20,24,30)/t8-,9-,11+,12+,13+,14-,15-,16-,17-,18+/m1/s1. The number of unbranched alkanes of at least 4 members (excludes halogenated alkanes) is 1. The summed E-state index contributed by atoms with van der Waals surface area (Å²) < 4.78 is 17.0. The zero-order valence-corrected chi connectivity index (χ0v) is 17.6. The Labute approximate surface area is 187 Å². The number of hydrogen-bond donors (Lipinski definition) is 8. The SMILES string of the molecule is O=c1ccn([C@@H]2O[C@H]([C@H](O)CCCCO[C@H]3O[C@H](CO)[C@H](O)[C@H](O)[C@H]3O)[C@@H](O)[C@H]2O)c(=O)[nH]1. The molecule has 0 radical (unpaired) electrons. The quantitative estimate of drug-likeness (QED) is 0.157. The maximum absolute atomic E-state index is 11.9. The van der Waals surface area contributed by atoms with Gasteiger partial charge in [0.05, 0.1) is 12.7 Å². The fourth-order valence-corrected chi connectivity index (χ4v) is 3.89. The normalized spacial score (nSPS) is 37.8. The van der Waals surface area contributed by atoms with Crippen LogP contribution in [0.15, 0.2) is 21.9 Å². The molecule has 0 aliphatic carbocycles. The molecule has 14 nitrogen and oxygen atoms in total. The van der Waals surface area contributed by atoms with Crippen LogP contribution in [0.2, 0.25) is 0 Å². The number of aromatic amines is 1. The van der Waals surface area contributed by atoms with Crippen LogP contribution in [0.5, 0.6) is 0 Å². The zero-order valence-electron chi connectivity index (χ0n) is 17.6. The van der Waals surface area contributed by atoms with E-state index in [1.54, 1.807) is 0 Å². The molecule has 0 amide bonds. The Morgan fingerprint density at radius 3 is 2.39 bits per heavy atom. The minimum Gasteiger partial charge on any atom is -0.394 e. The highest BCUT2D eigenvalue weighted by molar-refractivity contribution is 4.95. The molecule has 0 bridgehead atoms. The molecule has 2 aliphatic rings. The summed E-state index contributed by atoms with van der Waals surface area (Å²) in [5.74, 6) is 0. The second-order valence-corrected chi connectivity index (χ2v) is 8.12. The number of aliphatic hydroxyl groups is 7. The van der Waals surface area contributed by atoms with E-state index in [-0.39, 0.29) is 13.0 Å². The number of nitrogens with zero attached hydrogens (tertiary/aromatic N) is 1. The number of ether oxygens (including phenoxy) is 3. The molecule has 2 fully saturated rings. The first-order valence-corrected chi connectivity index (χ1v) is 10.6. The van der Waals surface area contributed by atoms with Gasteiger partial charge in [0.2, 0.25) is 0 Å². The third kappa shape index (κ3) is 5.68. The largest absolute Gasteiger partial charge is 0.394 e. The van der Waals surface area contributed by atoms with Gasteiger partial charge in [-0.15, -0.1) is 0 Å². The monoisotopic (exact) mass is 478 g/mol. The topological polar surface area (TPSA) is 224 Å². The molecule has 0 unspecified atom stereocenters. The van der Waals surface area contributed by atoms with E-state index >= 15 is 0 Å². The molecule has 0 aromatic carbocycles. The van der Waals surface area contributed by atoms with E-state index in [1.807, 2.05) is 4.98 Å². The van der Waals surface area contributed by atoms with Gasteiger partial charge in [0.1, 0.15) is 42.7 Å². The Balaban J connectivity index is 1.45. The van der Waals surface area contributed by atoms with Gasteiger partial charge in [-0.05, 0) is 19.3 Å². The molecule has 0 saturated carbocycles. The summed E-state index contributed by atoms with van der Waals surface area (Å²) >= 11 is 0. The van der Waals surface area contributed by atoms with E-state index in [0.717, 1.165) is 16.8 Å². The van der Waals surface area contributed by atoms with Crippen LogP contribution in [-0.4, -0.2) is 114 Å². The van der Waals surface area contributed by atoms with Crippen LogP contribution in [0.1, 0.15) is 25.5 Å². The number of aromatic nitrogens is 2. The van der Waals surface area contributed by atoms with E-state index in [1.165, 1.54) is 0 Å². The molecular weight excluding hydrogens is 448 g/mol. The van der Waals surface area contributed by atoms with E-state index in [0.29, 0.717) is 12.8 Å². The van der Waals surface area contributed by atoms with Crippen LogP contribution in [-0.2, 0) is 14.2 Å². The molecule has 1 aromatic heterocycles.